The molecule has 5 atom stereocenters. The molecule has 6 heteroatoms. The fourth-order valence-electron chi connectivity index (χ4n) is 5.29. The second-order valence-electron chi connectivity index (χ2n) is 10.1. The minimum Gasteiger partial charge on any atom is -0.444 e. The molecule has 0 aromatic heterocycles. The zero-order chi connectivity index (χ0) is 22.9. The summed E-state index contributed by atoms with van der Waals surface area (Å²) in [5, 5.41) is 17.0. The van der Waals surface area contributed by atoms with Crippen LogP contribution in [0.25, 0.3) is 10.8 Å². The van der Waals surface area contributed by atoms with Gasteiger partial charge in [0.05, 0.1) is 6.04 Å². The lowest BCUT2D eigenvalue weighted by molar-refractivity contribution is -0.0279. The van der Waals surface area contributed by atoms with E-state index in [1.54, 1.807) is 11.9 Å². The Labute approximate surface area is 190 Å². The van der Waals surface area contributed by atoms with E-state index in [4.69, 9.17) is 4.74 Å². The number of nitrogens with one attached hydrogen (secondary N) is 1. The van der Waals surface area contributed by atoms with E-state index >= 15 is 0 Å². The molecule has 1 aliphatic carbocycles. The number of aliphatic imine (C=N–C) groups is 1. The van der Waals surface area contributed by atoms with Crippen molar-refractivity contribution >= 4 is 23.1 Å². The lowest BCUT2D eigenvalue weighted by atomic mass is 9.96. The number of rotatable bonds is 6. The van der Waals surface area contributed by atoms with Crippen LogP contribution in [0.5, 0.6) is 0 Å². The summed E-state index contributed by atoms with van der Waals surface area (Å²) in [4.78, 5) is 18.9. The van der Waals surface area contributed by atoms with Crippen molar-refractivity contribution in [2.24, 2.45) is 10.9 Å². The molecule has 2 bridgehead atoms. The number of hydrogen-bond acceptors (Lipinski definition) is 5. The van der Waals surface area contributed by atoms with Crippen molar-refractivity contribution in [2.45, 2.75) is 76.4 Å². The van der Waals surface area contributed by atoms with Crippen LogP contribution in [0.2, 0.25) is 0 Å². The summed E-state index contributed by atoms with van der Waals surface area (Å²) in [5.74, 6) is 0.287. The van der Waals surface area contributed by atoms with Crippen molar-refractivity contribution in [3.8, 4) is 0 Å². The molecule has 2 N–H and O–H groups in total. The number of ether oxygens (including phenoxy) is 1. The number of aliphatic hydroxyl groups excluding tert-OH is 1. The van der Waals surface area contributed by atoms with Crippen LogP contribution in [0.1, 0.15) is 45.6 Å². The molecule has 1 amide bonds. The quantitative estimate of drug-likeness (QED) is 0.526. The smallest absolute Gasteiger partial charge is 0.410 e. The van der Waals surface area contributed by atoms with E-state index < -0.39 is 11.8 Å². The van der Waals surface area contributed by atoms with Crippen LogP contribution in [-0.4, -0.2) is 59.3 Å². The molecule has 1 heterocycles. The Hall–Kier alpha value is -2.44. The first kappa shape index (κ1) is 22.7. The first-order valence-electron chi connectivity index (χ1n) is 11.6. The summed E-state index contributed by atoms with van der Waals surface area (Å²) < 4.78 is 5.67. The first-order valence-corrected chi connectivity index (χ1v) is 11.6. The number of aliphatic hydroxyl groups is 1. The normalized spacial score (nSPS) is 24.9. The molecule has 32 heavy (non-hydrogen) atoms. The maximum Gasteiger partial charge on any atom is 0.410 e. The van der Waals surface area contributed by atoms with Gasteiger partial charge in [0.15, 0.2) is 0 Å². The molecule has 6 nitrogen and oxygen atoms in total. The van der Waals surface area contributed by atoms with Gasteiger partial charge in [-0.2, -0.15) is 0 Å². The Morgan fingerprint density at radius 2 is 2.00 bits per heavy atom. The zero-order valence-electron chi connectivity index (χ0n) is 19.5. The molecule has 4 rings (SSSR count). The predicted octanol–water partition coefficient (Wildman–Crippen LogP) is 4.15. The summed E-state index contributed by atoms with van der Waals surface area (Å²) in [6.07, 6.45) is 4.30. The minimum atomic E-state index is -0.846. The molecule has 172 valence electrons. The number of likely N-dealkylation sites (tertiary alicyclic amines) is 1. The Bertz CT molecular complexity index is 984. The van der Waals surface area contributed by atoms with Crippen molar-refractivity contribution in [1.29, 1.82) is 0 Å². The second-order valence-corrected chi connectivity index (χ2v) is 10.1. The van der Waals surface area contributed by atoms with Crippen LogP contribution < -0.4 is 5.32 Å². The summed E-state index contributed by atoms with van der Waals surface area (Å²) >= 11 is 0. The van der Waals surface area contributed by atoms with Crippen molar-refractivity contribution in [1.82, 2.24) is 10.2 Å². The van der Waals surface area contributed by atoms with E-state index in [9.17, 15) is 9.90 Å². The molecule has 2 aliphatic rings. The fraction of sp³-hybridized carbons (Fsp3) is 0.538. The zero-order valence-corrected chi connectivity index (χ0v) is 19.5. The minimum absolute atomic E-state index is 0.143. The van der Waals surface area contributed by atoms with Crippen molar-refractivity contribution in [3.05, 3.63) is 48.0 Å². The van der Waals surface area contributed by atoms with Crippen LogP contribution in [0.3, 0.4) is 0 Å². The highest BCUT2D eigenvalue weighted by Crippen LogP contribution is 2.44. The molecule has 1 saturated carbocycles. The van der Waals surface area contributed by atoms with Gasteiger partial charge < -0.3 is 9.84 Å². The van der Waals surface area contributed by atoms with Crippen LogP contribution in [0.15, 0.2) is 47.5 Å². The lowest BCUT2D eigenvalue weighted by Crippen LogP contribution is -2.58. The molecule has 0 spiro atoms. The summed E-state index contributed by atoms with van der Waals surface area (Å²) in [7, 11) is 1.74. The van der Waals surface area contributed by atoms with Crippen molar-refractivity contribution < 1.29 is 14.6 Å². The molecule has 1 saturated heterocycles. The molecular formula is C26H35N3O3. The molecule has 1 unspecified atom stereocenters. The predicted molar refractivity (Wildman–Crippen MR) is 128 cm³/mol. The van der Waals surface area contributed by atoms with Gasteiger partial charge >= 0.3 is 6.09 Å². The van der Waals surface area contributed by atoms with E-state index in [1.165, 1.54) is 16.3 Å². The van der Waals surface area contributed by atoms with E-state index in [0.717, 1.165) is 19.3 Å². The topological polar surface area (TPSA) is 74.2 Å². The Kier molecular flexibility index (Phi) is 6.54. The van der Waals surface area contributed by atoms with Crippen LogP contribution >= 0.6 is 0 Å². The number of carbonyl (C=O) groups excluding carboxylic acids is 1. The monoisotopic (exact) mass is 437 g/mol. The molecule has 2 fully saturated rings. The summed E-state index contributed by atoms with van der Waals surface area (Å²) in [5.41, 5.74) is 0.611. The highest BCUT2D eigenvalue weighted by Gasteiger charge is 2.52. The van der Waals surface area contributed by atoms with Gasteiger partial charge in [0, 0.05) is 25.3 Å². The van der Waals surface area contributed by atoms with Gasteiger partial charge in [-0.05, 0) is 68.7 Å². The van der Waals surface area contributed by atoms with Gasteiger partial charge in [0.2, 0.25) is 0 Å². The molecular weight excluding hydrogens is 402 g/mol. The van der Waals surface area contributed by atoms with Crippen LogP contribution in [-0.2, 0) is 11.2 Å². The average molecular weight is 438 g/mol. The van der Waals surface area contributed by atoms with E-state index in [0.29, 0.717) is 6.42 Å². The van der Waals surface area contributed by atoms with E-state index in [1.807, 2.05) is 39.1 Å². The number of fused-ring (bicyclic) bond motifs is 3. The maximum atomic E-state index is 12.9. The van der Waals surface area contributed by atoms with Gasteiger partial charge in [-0.1, -0.05) is 42.5 Å². The van der Waals surface area contributed by atoms with E-state index in [-0.39, 0.29) is 30.1 Å². The average Bonchev–Trinajstić information content (AvgIpc) is 3.34. The van der Waals surface area contributed by atoms with E-state index in [2.05, 4.69) is 40.6 Å². The standard InChI is InChI=1S/C26H35N3O3/c1-26(2,3)32-25(31)29-22-12-11-20(15-22)23(29)24(30)28-21(16-27-4)14-17-9-10-18-7-5-6-8-19(18)13-17/h5-10,13,16,20-24,28,30H,11-12,14-15H2,1-4H3/t20-,21-,22+,23-,24?/m0/s1. The van der Waals surface area contributed by atoms with Crippen LogP contribution in [0, 0.1) is 5.92 Å². The second kappa shape index (κ2) is 9.20. The van der Waals surface area contributed by atoms with Crippen molar-refractivity contribution in [2.75, 3.05) is 7.05 Å². The summed E-state index contributed by atoms with van der Waals surface area (Å²) in [6, 6.07) is 14.4. The largest absolute Gasteiger partial charge is 0.444 e. The third-order valence-corrected chi connectivity index (χ3v) is 6.55. The molecule has 1 aliphatic heterocycles. The number of nitrogens with zero attached hydrogens (tertiary/aromatic N) is 2. The Morgan fingerprint density at radius 3 is 2.72 bits per heavy atom. The first-order chi connectivity index (χ1) is 15.2. The lowest BCUT2D eigenvalue weighted by Gasteiger charge is -2.39. The highest BCUT2D eigenvalue weighted by molar-refractivity contribution is 5.83. The number of carbonyl (C=O) groups is 1. The number of amides is 1. The van der Waals surface area contributed by atoms with Gasteiger partial charge in [0.25, 0.3) is 0 Å². The maximum absolute atomic E-state index is 12.9. The number of hydrogen-bond donors (Lipinski definition) is 2. The summed E-state index contributed by atoms with van der Waals surface area (Å²) in [6.45, 7) is 5.63. The fourth-order valence-corrected chi connectivity index (χ4v) is 5.29. The molecule has 2 aromatic carbocycles. The van der Waals surface area contributed by atoms with Gasteiger partial charge in [-0.15, -0.1) is 0 Å². The van der Waals surface area contributed by atoms with Gasteiger partial charge in [0.1, 0.15) is 11.8 Å². The molecule has 0 radical (unpaired) electrons. The Balaban J connectivity index is 1.48. The van der Waals surface area contributed by atoms with Crippen molar-refractivity contribution in [3.63, 3.8) is 0 Å². The molecule has 2 aromatic rings. The Morgan fingerprint density at radius 1 is 1.25 bits per heavy atom. The van der Waals surface area contributed by atoms with Gasteiger partial charge in [-0.3, -0.25) is 15.2 Å². The highest BCUT2D eigenvalue weighted by atomic mass is 16.6. The third-order valence-electron chi connectivity index (χ3n) is 6.55. The van der Waals surface area contributed by atoms with Crippen LogP contribution in [0.4, 0.5) is 4.79 Å². The SMILES string of the molecule is CN=C[C@H](Cc1ccc2ccccc2c1)NC(O)[C@@H]1[C@H]2CC[C@H](C2)N1C(=O)OC(C)(C)C. The van der Waals surface area contributed by atoms with Gasteiger partial charge in [-0.25, -0.2) is 4.79 Å². The third kappa shape index (κ3) is 4.97. The number of benzene rings is 2. The number of piperidine rings is 1.